The number of nitrogens with zero attached hydrogens (tertiary/aromatic N) is 2. The second-order valence-corrected chi connectivity index (χ2v) is 5.13. The van der Waals surface area contributed by atoms with Crippen LogP contribution in [0.25, 0.3) is 0 Å². The predicted octanol–water partition coefficient (Wildman–Crippen LogP) is 2.42. The molecule has 0 amide bonds. The number of hydrogen-bond donors (Lipinski definition) is 2. The second-order valence-electron chi connectivity index (χ2n) is 4.35. The van der Waals surface area contributed by atoms with Crippen molar-refractivity contribution in [2.75, 3.05) is 11.1 Å². The number of nitrogens with two attached hydrogens (primary N) is 1. The van der Waals surface area contributed by atoms with E-state index in [1.54, 1.807) is 16.0 Å². The number of anilines is 2. The lowest BCUT2D eigenvalue weighted by Gasteiger charge is -2.15. The van der Waals surface area contributed by atoms with Gasteiger partial charge in [-0.25, -0.2) is 0 Å². The summed E-state index contributed by atoms with van der Waals surface area (Å²) in [5.74, 6) is 0.908. The Bertz CT molecular complexity index is 487. The molecular weight excluding hydrogens is 232 g/mol. The van der Waals surface area contributed by atoms with E-state index in [4.69, 9.17) is 5.73 Å². The van der Waals surface area contributed by atoms with Crippen LogP contribution in [0.2, 0.25) is 0 Å². The standard InChI is InChI=1S/C12H18N4S/c1-8(6-10-4-5-17-7-10)14-12-11(13)9(2)15-16(12)3/h4-5,7-8,14H,6,13H2,1-3H3. The minimum absolute atomic E-state index is 0.335. The van der Waals surface area contributed by atoms with Crippen molar-refractivity contribution in [3.63, 3.8) is 0 Å². The maximum atomic E-state index is 5.98. The molecule has 0 aliphatic carbocycles. The topological polar surface area (TPSA) is 55.9 Å². The molecule has 0 aliphatic rings. The molecule has 2 rings (SSSR count). The second kappa shape index (κ2) is 4.79. The van der Waals surface area contributed by atoms with Gasteiger partial charge in [0.05, 0.1) is 11.4 Å². The SMILES string of the molecule is Cc1nn(C)c(NC(C)Cc2ccsc2)c1N. The predicted molar refractivity (Wildman–Crippen MR) is 73.5 cm³/mol. The van der Waals surface area contributed by atoms with Gasteiger partial charge >= 0.3 is 0 Å². The molecule has 1 atom stereocenters. The molecule has 1 unspecified atom stereocenters. The lowest BCUT2D eigenvalue weighted by atomic mass is 10.1. The fraction of sp³-hybridized carbons (Fsp3) is 0.417. The summed E-state index contributed by atoms with van der Waals surface area (Å²) in [6.45, 7) is 4.07. The van der Waals surface area contributed by atoms with Gasteiger partial charge in [0.25, 0.3) is 0 Å². The largest absolute Gasteiger partial charge is 0.394 e. The molecule has 3 N–H and O–H groups in total. The average Bonchev–Trinajstić information content (AvgIpc) is 2.83. The van der Waals surface area contributed by atoms with E-state index < -0.39 is 0 Å². The number of aryl methyl sites for hydroxylation is 2. The number of nitrogens with one attached hydrogen (secondary N) is 1. The van der Waals surface area contributed by atoms with Crippen LogP contribution in [0.4, 0.5) is 11.5 Å². The number of rotatable bonds is 4. The van der Waals surface area contributed by atoms with Gasteiger partial charge in [0.15, 0.2) is 0 Å². The van der Waals surface area contributed by atoms with Crippen LogP contribution >= 0.6 is 11.3 Å². The van der Waals surface area contributed by atoms with Crippen molar-refractivity contribution in [1.82, 2.24) is 9.78 Å². The van der Waals surface area contributed by atoms with E-state index in [1.165, 1.54) is 5.56 Å². The molecule has 2 heterocycles. The summed E-state index contributed by atoms with van der Waals surface area (Å²) >= 11 is 1.73. The Labute approximate surface area is 105 Å². The summed E-state index contributed by atoms with van der Waals surface area (Å²) in [6.07, 6.45) is 0.993. The van der Waals surface area contributed by atoms with Crippen LogP contribution in [0.1, 0.15) is 18.2 Å². The third kappa shape index (κ3) is 2.61. The number of hydrogen-bond acceptors (Lipinski definition) is 4. The van der Waals surface area contributed by atoms with Crippen LogP contribution in [0.15, 0.2) is 16.8 Å². The highest BCUT2D eigenvalue weighted by molar-refractivity contribution is 7.07. The molecule has 0 fully saturated rings. The van der Waals surface area contributed by atoms with Crippen molar-refractivity contribution < 1.29 is 0 Å². The molecule has 2 aromatic heterocycles. The highest BCUT2D eigenvalue weighted by atomic mass is 32.1. The summed E-state index contributed by atoms with van der Waals surface area (Å²) in [4.78, 5) is 0. The summed E-state index contributed by atoms with van der Waals surface area (Å²) in [7, 11) is 1.91. The molecule has 4 nitrogen and oxygen atoms in total. The summed E-state index contributed by atoms with van der Waals surface area (Å²) in [5, 5.41) is 12.0. The zero-order valence-corrected chi connectivity index (χ0v) is 11.2. The van der Waals surface area contributed by atoms with Crippen LogP contribution in [0.5, 0.6) is 0 Å². The van der Waals surface area contributed by atoms with Crippen molar-refractivity contribution in [2.24, 2.45) is 7.05 Å². The minimum Gasteiger partial charge on any atom is -0.394 e. The van der Waals surface area contributed by atoms with E-state index in [2.05, 4.69) is 34.2 Å². The lowest BCUT2D eigenvalue weighted by molar-refractivity contribution is 0.725. The molecule has 0 bridgehead atoms. The molecule has 5 heteroatoms. The maximum absolute atomic E-state index is 5.98. The van der Waals surface area contributed by atoms with Crippen LogP contribution in [-0.4, -0.2) is 15.8 Å². The van der Waals surface area contributed by atoms with Gasteiger partial charge in [-0.1, -0.05) is 0 Å². The maximum Gasteiger partial charge on any atom is 0.147 e. The van der Waals surface area contributed by atoms with E-state index >= 15 is 0 Å². The van der Waals surface area contributed by atoms with Gasteiger partial charge in [0.2, 0.25) is 0 Å². The van der Waals surface area contributed by atoms with Gasteiger partial charge in [0.1, 0.15) is 5.82 Å². The first-order valence-corrected chi connectivity index (χ1v) is 6.59. The summed E-state index contributed by atoms with van der Waals surface area (Å²) in [5.41, 5.74) is 8.95. The summed E-state index contributed by atoms with van der Waals surface area (Å²) in [6, 6.07) is 2.49. The molecule has 0 spiro atoms. The van der Waals surface area contributed by atoms with Crippen molar-refractivity contribution in [3.8, 4) is 0 Å². The van der Waals surface area contributed by atoms with Crippen molar-refractivity contribution in [1.29, 1.82) is 0 Å². The van der Waals surface area contributed by atoms with E-state index in [9.17, 15) is 0 Å². The van der Waals surface area contributed by atoms with Crippen molar-refractivity contribution in [2.45, 2.75) is 26.3 Å². The molecule has 17 heavy (non-hydrogen) atoms. The average molecular weight is 250 g/mol. The Morgan fingerprint density at radius 2 is 2.35 bits per heavy atom. The van der Waals surface area contributed by atoms with Gasteiger partial charge < -0.3 is 11.1 Å². The fourth-order valence-corrected chi connectivity index (χ4v) is 2.57. The fourth-order valence-electron chi connectivity index (χ4n) is 1.89. The molecule has 2 aromatic rings. The molecule has 0 saturated heterocycles. The van der Waals surface area contributed by atoms with Gasteiger partial charge in [-0.05, 0) is 42.7 Å². The molecule has 0 saturated carbocycles. The Hall–Kier alpha value is -1.49. The molecule has 0 radical (unpaired) electrons. The summed E-state index contributed by atoms with van der Waals surface area (Å²) < 4.78 is 1.80. The Morgan fingerprint density at radius 1 is 1.59 bits per heavy atom. The van der Waals surface area contributed by atoms with E-state index in [1.807, 2.05) is 14.0 Å². The third-order valence-electron chi connectivity index (χ3n) is 2.77. The van der Waals surface area contributed by atoms with E-state index in [0.29, 0.717) is 6.04 Å². The van der Waals surface area contributed by atoms with Crippen molar-refractivity contribution >= 4 is 22.8 Å². The molecule has 0 aromatic carbocycles. The number of aromatic nitrogens is 2. The molecule has 92 valence electrons. The van der Waals surface area contributed by atoms with Crippen molar-refractivity contribution in [3.05, 3.63) is 28.1 Å². The normalized spacial score (nSPS) is 12.6. The quantitative estimate of drug-likeness (QED) is 0.876. The smallest absolute Gasteiger partial charge is 0.147 e. The molecule has 0 aliphatic heterocycles. The van der Waals surface area contributed by atoms with E-state index in [-0.39, 0.29) is 0 Å². The Balaban J connectivity index is 2.05. The lowest BCUT2D eigenvalue weighted by Crippen LogP contribution is -2.20. The first-order valence-electron chi connectivity index (χ1n) is 5.64. The minimum atomic E-state index is 0.335. The van der Waals surface area contributed by atoms with Gasteiger partial charge in [-0.2, -0.15) is 16.4 Å². The van der Waals surface area contributed by atoms with Crippen LogP contribution in [0, 0.1) is 6.92 Å². The van der Waals surface area contributed by atoms with Gasteiger partial charge in [0, 0.05) is 13.1 Å². The monoisotopic (exact) mass is 250 g/mol. The highest BCUT2D eigenvalue weighted by Crippen LogP contribution is 2.22. The van der Waals surface area contributed by atoms with Crippen LogP contribution in [0.3, 0.4) is 0 Å². The molecular formula is C12H18N4S. The first kappa shape index (κ1) is 12.0. The highest BCUT2D eigenvalue weighted by Gasteiger charge is 2.12. The zero-order chi connectivity index (χ0) is 12.4. The van der Waals surface area contributed by atoms with Gasteiger partial charge in [-0.3, -0.25) is 4.68 Å². The Kier molecular flexibility index (Phi) is 3.38. The van der Waals surface area contributed by atoms with Crippen LogP contribution < -0.4 is 11.1 Å². The van der Waals surface area contributed by atoms with Crippen LogP contribution in [-0.2, 0) is 13.5 Å². The number of thiophene rings is 1. The van der Waals surface area contributed by atoms with Gasteiger partial charge in [-0.15, -0.1) is 0 Å². The van der Waals surface area contributed by atoms with E-state index in [0.717, 1.165) is 23.6 Å². The zero-order valence-electron chi connectivity index (χ0n) is 10.4. The number of nitrogen functional groups attached to an aromatic ring is 1. The first-order chi connectivity index (χ1) is 8.08. The Morgan fingerprint density at radius 3 is 2.88 bits per heavy atom. The third-order valence-corrected chi connectivity index (χ3v) is 3.51.